The van der Waals surface area contributed by atoms with Crippen LogP contribution in [0.3, 0.4) is 0 Å². The Morgan fingerprint density at radius 1 is 0.326 bits per heavy atom. The lowest BCUT2D eigenvalue weighted by molar-refractivity contribution is 0.487. The van der Waals surface area contributed by atoms with Crippen LogP contribution in [-0.4, -0.2) is 18.0 Å². The number of hydrogen-bond donors (Lipinski definition) is 0. The van der Waals surface area contributed by atoms with Gasteiger partial charge in [0.15, 0.2) is 0 Å². The first-order chi connectivity index (χ1) is 46.0. The maximum Gasteiger partial charge on any atom is 0.256 e. The summed E-state index contributed by atoms with van der Waals surface area (Å²) in [6.45, 7) is -0.745. The molecule has 1 aromatic heterocycles. The first kappa shape index (κ1) is 40.9. The van der Waals surface area contributed by atoms with Gasteiger partial charge < -0.3 is 28.9 Å². The molecule has 6 nitrogen and oxygen atoms in total. The quantitative estimate of drug-likeness (QED) is 0.141. The number of anilines is 12. The molecule has 5 heterocycles. The summed E-state index contributed by atoms with van der Waals surface area (Å²) < 4.78 is 82.5. The normalized spacial score (nSPS) is 14.4. The van der Waals surface area contributed by atoms with Crippen LogP contribution < -0.4 is 57.1 Å². The summed E-state index contributed by atoms with van der Waals surface area (Å²) in [5.41, 5.74) is 20.1. The van der Waals surface area contributed by atoms with Gasteiger partial charge in [0.05, 0.1) is 39.1 Å². The molecule has 0 bridgehead atoms. The summed E-state index contributed by atoms with van der Waals surface area (Å²) in [6, 6.07) is 88.0. The predicted molar refractivity (Wildman–Crippen MR) is 361 cm³/mol. The molecule has 0 atom stereocenters. The molecule has 0 radical (unpaired) electrons. The van der Waals surface area contributed by atoms with Gasteiger partial charge in [-0.25, -0.2) is 0 Å². The molecule has 0 amide bonds. The third kappa shape index (κ3) is 7.23. The van der Waals surface area contributed by atoms with Crippen LogP contribution in [0.2, 0.25) is 0 Å². The third-order valence-corrected chi connectivity index (χ3v) is 17.6. The number of para-hydroxylation sites is 9. The molecule has 8 heteroatoms. The smallest absolute Gasteiger partial charge is 0.256 e. The molecular weight excluding hydrogens is 1040 g/mol. The van der Waals surface area contributed by atoms with E-state index in [0.29, 0.717) is 22.9 Å². The van der Waals surface area contributed by atoms with Crippen molar-refractivity contribution in [1.29, 1.82) is 0 Å². The molecule has 0 spiro atoms. The van der Waals surface area contributed by atoms with Crippen molar-refractivity contribution < 1.29 is 15.7 Å². The molecule has 86 heavy (non-hydrogen) atoms. The van der Waals surface area contributed by atoms with Crippen molar-refractivity contribution >= 4 is 136 Å². The zero-order chi connectivity index (χ0) is 63.4. The highest BCUT2D eigenvalue weighted by atomic mass is 16.5. The fourth-order valence-corrected chi connectivity index (χ4v) is 14.1. The van der Waals surface area contributed by atoms with Gasteiger partial charge in [0.1, 0.15) is 11.5 Å². The zero-order valence-corrected chi connectivity index (χ0v) is 46.1. The Hall–Kier alpha value is -11.2. The summed E-state index contributed by atoms with van der Waals surface area (Å²) in [6.07, 6.45) is 0. The standard InChI is InChI=1S/C78H51B2N5O/c1-6-26-52(27-7-1)59-36-16-21-41-66(59)85-71-51-70-64(80-63-40-20-25-45-75(63)86-76-49-58(48-74(78(76)80)83(70)56-34-14-5-15-35-56)84-67-42-22-17-37-60(67)61-38-18-23-43-68(61)84)50-65(71)79-62-39-19-24-44-69(62)82(55-32-12-4-13-33-55)72-46-57(47-73(85)77(72)79)81(53-28-8-2-9-29-53)54-30-10-3-11-31-54/h1-51H/i17D,18D,22D,23D,37D,38D,42D,43D. The van der Waals surface area contributed by atoms with Crippen LogP contribution in [0.4, 0.5) is 68.2 Å². The summed E-state index contributed by atoms with van der Waals surface area (Å²) in [5, 5.41) is -0.00982. The number of rotatable bonds is 8. The topological polar surface area (TPSA) is 27.1 Å². The molecule has 0 fully saturated rings. The second-order valence-corrected chi connectivity index (χ2v) is 22.2. The van der Waals surface area contributed by atoms with Gasteiger partial charge in [-0.2, -0.15) is 0 Å². The fraction of sp³-hybridized carbons (Fsp3) is 0. The van der Waals surface area contributed by atoms with Gasteiger partial charge in [-0.1, -0.05) is 200 Å². The Kier molecular flexibility index (Phi) is 9.12. The molecular formula is C78H51B2N5O. The average molecular weight is 1100 g/mol. The highest BCUT2D eigenvalue weighted by Gasteiger charge is 2.48. The van der Waals surface area contributed by atoms with Crippen LogP contribution in [0.25, 0.3) is 38.6 Å². The molecule has 0 saturated heterocycles. The van der Waals surface area contributed by atoms with Crippen LogP contribution in [0.15, 0.2) is 309 Å². The van der Waals surface area contributed by atoms with Gasteiger partial charge >= 0.3 is 0 Å². The summed E-state index contributed by atoms with van der Waals surface area (Å²) >= 11 is 0. The molecule has 13 aromatic carbocycles. The van der Waals surface area contributed by atoms with Gasteiger partial charge in [-0.05, 0) is 141 Å². The lowest BCUT2D eigenvalue weighted by atomic mass is 9.30. The van der Waals surface area contributed by atoms with Crippen LogP contribution >= 0.6 is 0 Å². The van der Waals surface area contributed by atoms with Gasteiger partial charge in [-0.3, -0.25) is 0 Å². The number of nitrogens with zero attached hydrogens (tertiary/aromatic N) is 5. The van der Waals surface area contributed by atoms with Crippen molar-refractivity contribution in [2.75, 3.05) is 19.6 Å². The second kappa shape index (κ2) is 19.2. The maximum absolute atomic E-state index is 9.59. The summed E-state index contributed by atoms with van der Waals surface area (Å²) in [7, 11) is 0. The van der Waals surface area contributed by atoms with Crippen LogP contribution in [0, 0.1) is 0 Å². The largest absolute Gasteiger partial charge is 0.458 e. The lowest BCUT2D eigenvalue weighted by Gasteiger charge is -2.47. The van der Waals surface area contributed by atoms with Gasteiger partial charge in [-0.15, -0.1) is 0 Å². The van der Waals surface area contributed by atoms with Gasteiger partial charge in [0.2, 0.25) is 0 Å². The first-order valence-electron chi connectivity index (χ1n) is 33.0. The maximum atomic E-state index is 9.59. The molecule has 0 saturated carbocycles. The van der Waals surface area contributed by atoms with E-state index in [4.69, 9.17) is 10.2 Å². The monoisotopic (exact) mass is 1100 g/mol. The molecule has 400 valence electrons. The summed E-state index contributed by atoms with van der Waals surface area (Å²) in [4.78, 5) is 9.53. The van der Waals surface area contributed by atoms with Crippen LogP contribution in [0.1, 0.15) is 11.0 Å². The minimum absolute atomic E-state index is 0.00491. The Morgan fingerprint density at radius 2 is 0.814 bits per heavy atom. The van der Waals surface area contributed by atoms with Crippen LogP contribution in [0.5, 0.6) is 11.5 Å². The van der Waals surface area contributed by atoms with Crippen molar-refractivity contribution in [3.05, 3.63) is 309 Å². The number of hydrogen-bond acceptors (Lipinski definition) is 5. The SMILES string of the molecule is [2H]c1c([2H])c([2H])c2c(c1[2H])c1c([2H])c([2H])c([2H])c([2H])c1n2-c1cc2c3c(c1)N(c1ccccc1)c1cc4c(cc1B3c1ccccc1O2)B1c2ccccc2N(c2ccccc2)c2cc(N(c3ccccc3)c3ccccc3)cc(c21)N4c1ccccc1-c1ccccc1. The molecule has 0 unspecified atom stereocenters. The predicted octanol–water partition coefficient (Wildman–Crippen LogP) is 16.4. The Bertz CT molecular complexity index is 5400. The third-order valence-electron chi connectivity index (χ3n) is 17.6. The van der Waals surface area contributed by atoms with E-state index < -0.39 is 43.0 Å². The highest BCUT2D eigenvalue weighted by Crippen LogP contribution is 2.52. The van der Waals surface area contributed by atoms with Crippen molar-refractivity contribution in [1.82, 2.24) is 4.57 Å². The van der Waals surface area contributed by atoms with Crippen molar-refractivity contribution in [3.8, 4) is 28.3 Å². The Balaban J connectivity index is 0.984. The Labute approximate surface area is 511 Å². The van der Waals surface area contributed by atoms with Crippen molar-refractivity contribution in [2.45, 2.75) is 0 Å². The van der Waals surface area contributed by atoms with Crippen LogP contribution in [-0.2, 0) is 0 Å². The number of fused-ring (bicyclic) bond motifs is 11. The lowest BCUT2D eigenvalue weighted by Crippen LogP contribution is -2.64. The van der Waals surface area contributed by atoms with Gasteiger partial charge in [0, 0.05) is 79.3 Å². The molecule has 4 aliphatic rings. The van der Waals surface area contributed by atoms with E-state index in [9.17, 15) is 5.48 Å². The Morgan fingerprint density at radius 3 is 1.47 bits per heavy atom. The number of benzene rings is 13. The van der Waals surface area contributed by atoms with Gasteiger partial charge in [0.25, 0.3) is 13.4 Å². The fourth-order valence-electron chi connectivity index (χ4n) is 14.1. The zero-order valence-electron chi connectivity index (χ0n) is 54.1. The van der Waals surface area contributed by atoms with E-state index in [-0.39, 0.29) is 40.6 Å². The molecule has 18 rings (SSSR count). The van der Waals surface area contributed by atoms with E-state index in [1.165, 1.54) is 0 Å². The first-order valence-corrected chi connectivity index (χ1v) is 29.0. The van der Waals surface area contributed by atoms with E-state index in [1.54, 1.807) is 4.57 Å². The number of ether oxygens (including phenoxy) is 1. The van der Waals surface area contributed by atoms with E-state index in [1.807, 2.05) is 48.5 Å². The second-order valence-electron chi connectivity index (χ2n) is 22.2. The minimum Gasteiger partial charge on any atom is -0.458 e. The molecule has 0 aliphatic carbocycles. The van der Waals surface area contributed by atoms with Crippen molar-refractivity contribution in [3.63, 3.8) is 0 Å². The minimum atomic E-state index is -0.507. The molecule has 4 aliphatic heterocycles. The number of aromatic nitrogens is 1. The molecule has 14 aromatic rings. The summed E-state index contributed by atoms with van der Waals surface area (Å²) in [5.74, 6) is 1.12. The van der Waals surface area contributed by atoms with E-state index in [2.05, 4.69) is 232 Å². The molecule has 0 N–H and O–H groups in total. The van der Waals surface area contributed by atoms with E-state index >= 15 is 0 Å². The average Bonchev–Trinajstić information content (AvgIpc) is 0.749. The van der Waals surface area contributed by atoms with E-state index in [0.717, 1.165) is 106 Å². The highest BCUT2D eigenvalue weighted by molar-refractivity contribution is 7.02. The van der Waals surface area contributed by atoms with Crippen molar-refractivity contribution in [2.24, 2.45) is 0 Å².